The van der Waals surface area contributed by atoms with E-state index in [0.29, 0.717) is 5.56 Å². The van der Waals surface area contributed by atoms with Gasteiger partial charge in [0.25, 0.3) is 0 Å². The lowest BCUT2D eigenvalue weighted by Gasteiger charge is -2.09. The largest absolute Gasteiger partial charge is 0.488 e. The molecule has 1 aromatic carbocycles. The van der Waals surface area contributed by atoms with E-state index in [1.807, 2.05) is 6.07 Å². The van der Waals surface area contributed by atoms with Gasteiger partial charge in [-0.05, 0) is 18.2 Å². The Bertz CT molecular complexity index is 647. The minimum absolute atomic E-state index is 0.0879. The predicted octanol–water partition coefficient (Wildman–Crippen LogP) is 2.23. The molecule has 0 unspecified atom stereocenters. The van der Waals surface area contributed by atoms with Crippen LogP contribution in [0, 0.1) is 11.3 Å². The van der Waals surface area contributed by atoms with Crippen LogP contribution in [0.2, 0.25) is 0 Å². The molecule has 5 heteroatoms. The monoisotopic (exact) mass is 254 g/mol. The molecule has 0 saturated heterocycles. The number of rotatable bonds is 4. The molecule has 0 amide bonds. The summed E-state index contributed by atoms with van der Waals surface area (Å²) in [4.78, 5) is 14.9. The fourth-order valence-electron chi connectivity index (χ4n) is 1.58. The molecule has 0 aliphatic rings. The normalized spacial score (nSPS) is 9.63. The first-order chi connectivity index (χ1) is 9.22. The minimum atomic E-state index is -1.05. The quantitative estimate of drug-likeness (QED) is 0.904. The Morgan fingerprint density at radius 3 is 2.84 bits per heavy atom. The number of benzene rings is 1. The molecule has 5 nitrogen and oxygen atoms in total. The number of aromatic nitrogens is 1. The van der Waals surface area contributed by atoms with Crippen LogP contribution in [0.15, 0.2) is 42.6 Å². The first-order valence-corrected chi connectivity index (χ1v) is 5.51. The molecule has 2 rings (SSSR count). The SMILES string of the molecule is N#Cc1ncccc1COc1ccccc1C(=O)O. The van der Waals surface area contributed by atoms with E-state index in [1.54, 1.807) is 30.3 Å². The highest BCUT2D eigenvalue weighted by molar-refractivity contribution is 5.90. The molecule has 0 aliphatic heterocycles. The summed E-state index contributed by atoms with van der Waals surface area (Å²) in [7, 11) is 0. The summed E-state index contributed by atoms with van der Waals surface area (Å²) in [5.41, 5.74) is 0.977. The first-order valence-electron chi connectivity index (χ1n) is 5.51. The van der Waals surface area contributed by atoms with E-state index >= 15 is 0 Å². The van der Waals surface area contributed by atoms with Crippen LogP contribution in [0.3, 0.4) is 0 Å². The number of pyridine rings is 1. The lowest BCUT2D eigenvalue weighted by Crippen LogP contribution is -2.04. The highest BCUT2D eigenvalue weighted by Gasteiger charge is 2.11. The molecule has 0 saturated carbocycles. The number of ether oxygens (including phenoxy) is 1. The summed E-state index contributed by atoms with van der Waals surface area (Å²) in [5.74, 6) is -0.787. The van der Waals surface area contributed by atoms with Gasteiger partial charge in [0.15, 0.2) is 0 Å². The van der Waals surface area contributed by atoms with Gasteiger partial charge in [0.2, 0.25) is 0 Å². The molecule has 0 spiro atoms. The average molecular weight is 254 g/mol. The van der Waals surface area contributed by atoms with E-state index in [4.69, 9.17) is 15.1 Å². The van der Waals surface area contributed by atoms with Gasteiger partial charge in [0, 0.05) is 11.8 Å². The van der Waals surface area contributed by atoms with Crippen molar-refractivity contribution in [1.29, 1.82) is 5.26 Å². The summed E-state index contributed by atoms with van der Waals surface area (Å²) in [6, 6.07) is 11.7. The maximum Gasteiger partial charge on any atom is 0.339 e. The lowest BCUT2D eigenvalue weighted by molar-refractivity contribution is 0.0692. The number of aromatic carboxylic acids is 1. The maximum absolute atomic E-state index is 11.0. The van der Waals surface area contributed by atoms with E-state index in [9.17, 15) is 4.79 Å². The van der Waals surface area contributed by atoms with Crippen molar-refractivity contribution in [2.24, 2.45) is 0 Å². The third-order valence-electron chi connectivity index (χ3n) is 2.50. The molecule has 94 valence electrons. The van der Waals surface area contributed by atoms with Crippen LogP contribution in [0.4, 0.5) is 0 Å². The molecular weight excluding hydrogens is 244 g/mol. The predicted molar refractivity (Wildman–Crippen MR) is 66.7 cm³/mol. The molecule has 0 fully saturated rings. The van der Waals surface area contributed by atoms with E-state index in [0.717, 1.165) is 0 Å². The summed E-state index contributed by atoms with van der Waals surface area (Å²) >= 11 is 0. The van der Waals surface area contributed by atoms with Crippen LogP contribution < -0.4 is 4.74 Å². The van der Waals surface area contributed by atoms with Gasteiger partial charge in [0.1, 0.15) is 29.7 Å². The highest BCUT2D eigenvalue weighted by atomic mass is 16.5. The van der Waals surface area contributed by atoms with Crippen LogP contribution in [0.1, 0.15) is 21.6 Å². The molecule has 1 heterocycles. The Balaban J connectivity index is 2.20. The Hall–Kier alpha value is -2.87. The molecular formula is C14H10N2O3. The summed E-state index contributed by atoms with van der Waals surface area (Å²) in [6.07, 6.45) is 1.52. The summed E-state index contributed by atoms with van der Waals surface area (Å²) < 4.78 is 5.46. The second-order valence-corrected chi connectivity index (χ2v) is 3.71. The van der Waals surface area contributed by atoms with Crippen molar-refractivity contribution in [3.63, 3.8) is 0 Å². The van der Waals surface area contributed by atoms with Crippen molar-refractivity contribution < 1.29 is 14.6 Å². The van der Waals surface area contributed by atoms with Gasteiger partial charge in [-0.2, -0.15) is 5.26 Å². The number of hydrogen-bond donors (Lipinski definition) is 1. The van der Waals surface area contributed by atoms with Crippen LogP contribution in [0.25, 0.3) is 0 Å². The van der Waals surface area contributed by atoms with Crippen molar-refractivity contribution in [1.82, 2.24) is 4.98 Å². The van der Waals surface area contributed by atoms with Crippen LogP contribution in [0.5, 0.6) is 5.75 Å². The lowest BCUT2D eigenvalue weighted by atomic mass is 10.2. The minimum Gasteiger partial charge on any atom is -0.488 e. The molecule has 0 bridgehead atoms. The van der Waals surface area contributed by atoms with Crippen LogP contribution in [-0.2, 0) is 6.61 Å². The number of hydrogen-bond acceptors (Lipinski definition) is 4. The fourth-order valence-corrected chi connectivity index (χ4v) is 1.58. The van der Waals surface area contributed by atoms with Gasteiger partial charge in [-0.25, -0.2) is 9.78 Å². The number of carbonyl (C=O) groups is 1. The standard InChI is InChI=1S/C14H10N2O3/c15-8-12-10(4-3-7-16-12)9-19-13-6-2-1-5-11(13)14(17)18/h1-7H,9H2,(H,17,18). The van der Waals surface area contributed by atoms with E-state index < -0.39 is 5.97 Å². The maximum atomic E-state index is 11.0. The smallest absolute Gasteiger partial charge is 0.339 e. The molecule has 0 aliphatic carbocycles. The summed E-state index contributed by atoms with van der Waals surface area (Å²) in [5, 5.41) is 17.9. The zero-order valence-corrected chi connectivity index (χ0v) is 9.91. The Labute approximate surface area is 109 Å². The van der Waals surface area contributed by atoms with Crippen molar-refractivity contribution in [2.45, 2.75) is 6.61 Å². The van der Waals surface area contributed by atoms with Gasteiger partial charge in [-0.3, -0.25) is 0 Å². The topological polar surface area (TPSA) is 83.2 Å². The molecule has 1 aromatic heterocycles. The van der Waals surface area contributed by atoms with Gasteiger partial charge in [-0.15, -0.1) is 0 Å². The van der Waals surface area contributed by atoms with Crippen molar-refractivity contribution in [2.75, 3.05) is 0 Å². The number of para-hydroxylation sites is 1. The number of nitrogens with zero attached hydrogens (tertiary/aromatic N) is 2. The summed E-state index contributed by atoms with van der Waals surface area (Å²) in [6.45, 7) is 0.0982. The van der Waals surface area contributed by atoms with Gasteiger partial charge < -0.3 is 9.84 Å². The Morgan fingerprint density at radius 1 is 1.32 bits per heavy atom. The van der Waals surface area contributed by atoms with Gasteiger partial charge in [0.05, 0.1) is 0 Å². The number of carboxylic acid groups (broad SMARTS) is 1. The Morgan fingerprint density at radius 2 is 2.11 bits per heavy atom. The number of nitriles is 1. The van der Waals surface area contributed by atoms with Gasteiger partial charge >= 0.3 is 5.97 Å². The second kappa shape index (κ2) is 5.65. The molecule has 2 aromatic rings. The third kappa shape index (κ3) is 2.87. The zero-order chi connectivity index (χ0) is 13.7. The highest BCUT2D eigenvalue weighted by Crippen LogP contribution is 2.19. The molecule has 19 heavy (non-hydrogen) atoms. The van der Waals surface area contributed by atoms with Crippen LogP contribution in [-0.4, -0.2) is 16.1 Å². The molecule has 0 atom stereocenters. The van der Waals surface area contributed by atoms with E-state index in [1.165, 1.54) is 12.3 Å². The van der Waals surface area contributed by atoms with Crippen molar-refractivity contribution in [3.8, 4) is 11.8 Å². The fraction of sp³-hybridized carbons (Fsp3) is 0.0714. The van der Waals surface area contributed by atoms with Crippen molar-refractivity contribution >= 4 is 5.97 Å². The molecule has 0 radical (unpaired) electrons. The third-order valence-corrected chi connectivity index (χ3v) is 2.50. The van der Waals surface area contributed by atoms with E-state index in [2.05, 4.69) is 4.98 Å². The zero-order valence-electron chi connectivity index (χ0n) is 9.91. The van der Waals surface area contributed by atoms with E-state index in [-0.39, 0.29) is 23.6 Å². The van der Waals surface area contributed by atoms with Crippen molar-refractivity contribution in [3.05, 3.63) is 59.4 Å². The number of carboxylic acids is 1. The Kier molecular flexibility index (Phi) is 3.74. The second-order valence-electron chi connectivity index (χ2n) is 3.71. The van der Waals surface area contributed by atoms with Gasteiger partial charge in [-0.1, -0.05) is 18.2 Å². The first kappa shape index (κ1) is 12.6. The average Bonchev–Trinajstić information content (AvgIpc) is 2.45. The molecule has 1 N–H and O–H groups in total. The van der Waals surface area contributed by atoms with Crippen LogP contribution >= 0.6 is 0 Å².